The number of nitrogens with zero attached hydrogens (tertiary/aromatic N) is 1. The Hall–Kier alpha value is -0.0800. The van der Waals surface area contributed by atoms with Gasteiger partial charge in [-0.25, -0.2) is 0 Å². The van der Waals surface area contributed by atoms with Gasteiger partial charge in [0.05, 0.1) is 6.10 Å². The summed E-state index contributed by atoms with van der Waals surface area (Å²) in [6.45, 7) is 4.40. The van der Waals surface area contributed by atoms with Gasteiger partial charge in [0, 0.05) is 12.6 Å². The third-order valence-corrected chi connectivity index (χ3v) is 4.22. The Labute approximate surface area is 93.7 Å². The second-order valence-electron chi connectivity index (χ2n) is 5.53. The molecular formula is C13H25NO. The Bertz CT molecular complexity index is 189. The predicted octanol–water partition coefficient (Wildman–Crippen LogP) is 2.41. The molecule has 1 saturated heterocycles. The second-order valence-corrected chi connectivity index (χ2v) is 5.53. The van der Waals surface area contributed by atoms with E-state index in [1.807, 2.05) is 0 Å². The van der Waals surface area contributed by atoms with Crippen molar-refractivity contribution in [1.82, 2.24) is 4.90 Å². The summed E-state index contributed by atoms with van der Waals surface area (Å²) < 4.78 is 0. The Balaban J connectivity index is 1.69. The van der Waals surface area contributed by atoms with Gasteiger partial charge in [0.15, 0.2) is 0 Å². The van der Waals surface area contributed by atoms with Crippen LogP contribution in [0.5, 0.6) is 0 Å². The van der Waals surface area contributed by atoms with Gasteiger partial charge in [0.1, 0.15) is 0 Å². The second kappa shape index (κ2) is 5.31. The smallest absolute Gasteiger partial charge is 0.0669 e. The van der Waals surface area contributed by atoms with Crippen LogP contribution in [0.2, 0.25) is 0 Å². The molecule has 2 nitrogen and oxygen atoms in total. The zero-order valence-corrected chi connectivity index (χ0v) is 9.99. The number of aliphatic hydroxyl groups excluding tert-OH is 1. The highest BCUT2D eigenvalue weighted by Gasteiger charge is 2.24. The third-order valence-electron chi connectivity index (χ3n) is 4.22. The van der Waals surface area contributed by atoms with E-state index in [0.29, 0.717) is 6.04 Å². The molecule has 0 spiro atoms. The van der Waals surface area contributed by atoms with Crippen LogP contribution in [0.15, 0.2) is 0 Å². The van der Waals surface area contributed by atoms with E-state index in [4.69, 9.17) is 0 Å². The zero-order valence-electron chi connectivity index (χ0n) is 9.99. The summed E-state index contributed by atoms with van der Waals surface area (Å²) in [7, 11) is 0. The Kier molecular flexibility index (Phi) is 4.04. The molecule has 2 heteroatoms. The van der Waals surface area contributed by atoms with Gasteiger partial charge >= 0.3 is 0 Å². The van der Waals surface area contributed by atoms with Gasteiger partial charge in [-0.15, -0.1) is 0 Å². The van der Waals surface area contributed by atoms with Crippen LogP contribution < -0.4 is 0 Å². The van der Waals surface area contributed by atoms with Gasteiger partial charge in [-0.3, -0.25) is 4.90 Å². The Morgan fingerprint density at radius 2 is 1.93 bits per heavy atom. The van der Waals surface area contributed by atoms with Gasteiger partial charge < -0.3 is 5.11 Å². The molecule has 0 bridgehead atoms. The monoisotopic (exact) mass is 211 g/mol. The van der Waals surface area contributed by atoms with Gasteiger partial charge in [0.25, 0.3) is 0 Å². The van der Waals surface area contributed by atoms with Gasteiger partial charge in [-0.1, -0.05) is 25.7 Å². The number of hydrogen-bond donors (Lipinski definition) is 1. The average Bonchev–Trinajstić information content (AvgIpc) is 2.79. The Morgan fingerprint density at radius 1 is 1.20 bits per heavy atom. The number of likely N-dealkylation sites (tertiary alicyclic amines) is 1. The van der Waals surface area contributed by atoms with Crippen LogP contribution in [0.1, 0.15) is 51.9 Å². The molecule has 2 unspecified atom stereocenters. The Morgan fingerprint density at radius 3 is 2.53 bits per heavy atom. The molecule has 1 aliphatic carbocycles. The van der Waals surface area contributed by atoms with Gasteiger partial charge in [0.2, 0.25) is 0 Å². The molecular weight excluding hydrogens is 186 g/mol. The number of β-amino-alcohol motifs (C(OH)–C–C–N with tert-alkyl or cyclic N) is 1. The van der Waals surface area contributed by atoms with Crippen LogP contribution in [0.4, 0.5) is 0 Å². The fourth-order valence-corrected chi connectivity index (χ4v) is 3.24. The molecule has 1 saturated carbocycles. The molecule has 1 N–H and O–H groups in total. The van der Waals surface area contributed by atoms with E-state index < -0.39 is 0 Å². The summed E-state index contributed by atoms with van der Waals surface area (Å²) in [6, 6.07) is 0.697. The molecule has 1 heterocycles. The molecule has 2 rings (SSSR count). The first kappa shape index (κ1) is 11.4. The van der Waals surface area contributed by atoms with Crippen molar-refractivity contribution in [3.05, 3.63) is 0 Å². The molecule has 0 amide bonds. The maximum atomic E-state index is 10.0. The topological polar surface area (TPSA) is 23.5 Å². The standard InChI is InChI=1S/C13H25NO/c1-11-5-4-8-14(11)10-13(15)9-12-6-2-3-7-12/h11-13,15H,2-10H2,1H3. The van der Waals surface area contributed by atoms with Crippen LogP contribution in [-0.2, 0) is 0 Å². The van der Waals surface area contributed by atoms with E-state index in [2.05, 4.69) is 11.8 Å². The fourth-order valence-electron chi connectivity index (χ4n) is 3.24. The van der Waals surface area contributed by atoms with Crippen LogP contribution >= 0.6 is 0 Å². The van der Waals surface area contributed by atoms with Crippen LogP contribution in [-0.4, -0.2) is 35.2 Å². The normalized spacial score (nSPS) is 31.2. The average molecular weight is 211 g/mol. The first-order chi connectivity index (χ1) is 7.25. The van der Waals surface area contributed by atoms with Crippen molar-refractivity contribution in [3.8, 4) is 0 Å². The minimum absolute atomic E-state index is 0.0753. The molecule has 0 aromatic carbocycles. The van der Waals surface area contributed by atoms with Crippen molar-refractivity contribution in [2.45, 2.75) is 64.0 Å². The fraction of sp³-hybridized carbons (Fsp3) is 1.00. The maximum absolute atomic E-state index is 10.0. The van der Waals surface area contributed by atoms with Crippen LogP contribution in [0.3, 0.4) is 0 Å². The van der Waals surface area contributed by atoms with Crippen molar-refractivity contribution < 1.29 is 5.11 Å². The quantitative estimate of drug-likeness (QED) is 0.772. The van der Waals surface area contributed by atoms with E-state index in [-0.39, 0.29) is 6.10 Å². The zero-order chi connectivity index (χ0) is 10.7. The molecule has 2 fully saturated rings. The summed E-state index contributed by atoms with van der Waals surface area (Å²) in [6.07, 6.45) is 9.08. The van der Waals surface area contributed by atoms with Crippen molar-refractivity contribution in [2.24, 2.45) is 5.92 Å². The van der Waals surface area contributed by atoms with E-state index in [0.717, 1.165) is 18.9 Å². The molecule has 1 aliphatic heterocycles. The minimum Gasteiger partial charge on any atom is -0.392 e. The maximum Gasteiger partial charge on any atom is 0.0669 e. The SMILES string of the molecule is CC1CCCN1CC(O)CC1CCCC1. The lowest BCUT2D eigenvalue weighted by molar-refractivity contribution is 0.0886. The highest BCUT2D eigenvalue weighted by Crippen LogP contribution is 2.29. The first-order valence-electron chi connectivity index (χ1n) is 6.68. The van der Waals surface area contributed by atoms with Crippen molar-refractivity contribution in [1.29, 1.82) is 0 Å². The summed E-state index contributed by atoms with van der Waals surface area (Å²) in [5.74, 6) is 0.818. The van der Waals surface area contributed by atoms with E-state index in [1.54, 1.807) is 0 Å². The molecule has 0 aromatic heterocycles. The molecule has 88 valence electrons. The third kappa shape index (κ3) is 3.18. The minimum atomic E-state index is -0.0753. The van der Waals surface area contributed by atoms with Gasteiger partial charge in [-0.05, 0) is 38.6 Å². The van der Waals surface area contributed by atoms with Gasteiger partial charge in [-0.2, -0.15) is 0 Å². The van der Waals surface area contributed by atoms with Crippen molar-refractivity contribution in [2.75, 3.05) is 13.1 Å². The number of hydrogen-bond acceptors (Lipinski definition) is 2. The molecule has 2 aliphatic rings. The molecule has 0 aromatic rings. The number of aliphatic hydroxyl groups is 1. The lowest BCUT2D eigenvalue weighted by atomic mass is 10.00. The highest BCUT2D eigenvalue weighted by atomic mass is 16.3. The van der Waals surface area contributed by atoms with Crippen LogP contribution in [0, 0.1) is 5.92 Å². The van der Waals surface area contributed by atoms with Crippen LogP contribution in [0.25, 0.3) is 0 Å². The summed E-state index contributed by atoms with van der Waals surface area (Å²) in [5, 5.41) is 10.0. The lowest BCUT2D eigenvalue weighted by Gasteiger charge is -2.25. The molecule has 15 heavy (non-hydrogen) atoms. The first-order valence-corrected chi connectivity index (χ1v) is 6.68. The summed E-state index contributed by atoms with van der Waals surface area (Å²) in [5.41, 5.74) is 0. The summed E-state index contributed by atoms with van der Waals surface area (Å²) in [4.78, 5) is 2.46. The van der Waals surface area contributed by atoms with Crippen molar-refractivity contribution >= 4 is 0 Å². The molecule has 2 atom stereocenters. The highest BCUT2D eigenvalue weighted by molar-refractivity contribution is 4.79. The molecule has 0 radical (unpaired) electrons. The number of rotatable bonds is 4. The van der Waals surface area contributed by atoms with Crippen molar-refractivity contribution in [3.63, 3.8) is 0 Å². The van der Waals surface area contributed by atoms with E-state index >= 15 is 0 Å². The van der Waals surface area contributed by atoms with E-state index in [1.165, 1.54) is 45.1 Å². The largest absolute Gasteiger partial charge is 0.392 e. The van der Waals surface area contributed by atoms with E-state index in [9.17, 15) is 5.11 Å². The lowest BCUT2D eigenvalue weighted by Crippen LogP contribution is -2.35. The summed E-state index contributed by atoms with van der Waals surface area (Å²) >= 11 is 0. The predicted molar refractivity (Wildman–Crippen MR) is 62.9 cm³/mol.